The third kappa shape index (κ3) is 3.28. The number of carbonyl (C=O) groups excluding carboxylic acids is 1. The van der Waals surface area contributed by atoms with Gasteiger partial charge in [-0.2, -0.15) is 0 Å². The quantitative estimate of drug-likeness (QED) is 0.807. The van der Waals surface area contributed by atoms with Crippen molar-refractivity contribution < 1.29 is 14.6 Å². The van der Waals surface area contributed by atoms with Crippen LogP contribution < -0.4 is 0 Å². The topological polar surface area (TPSA) is 49.8 Å². The fraction of sp³-hybridized carbons (Fsp3) is 0.462. The molecular formula is C13H19NO3. The molecule has 1 fully saturated rings. The zero-order valence-electron chi connectivity index (χ0n) is 8.95. The maximum absolute atomic E-state index is 10.5. The SMILES string of the molecule is C.O=COC(c1ccccc1)N1CCC(O)C1. The summed E-state index contributed by atoms with van der Waals surface area (Å²) in [6, 6.07) is 9.56. The molecule has 0 spiro atoms. The first kappa shape index (κ1) is 13.7. The number of aliphatic hydroxyl groups excluding tert-OH is 1. The molecule has 1 aliphatic heterocycles. The Bertz CT molecular complexity index is 342. The number of benzene rings is 1. The number of β-amino-alcohol motifs (C(OH)–C–C–N with tert-alkyl or cyclic N) is 1. The van der Waals surface area contributed by atoms with Crippen LogP contribution in [0, 0.1) is 0 Å². The molecule has 0 radical (unpaired) electrons. The second-order valence-corrected chi connectivity index (χ2v) is 3.93. The van der Waals surface area contributed by atoms with Crippen LogP contribution in [0.3, 0.4) is 0 Å². The van der Waals surface area contributed by atoms with Gasteiger partial charge in [0, 0.05) is 18.7 Å². The van der Waals surface area contributed by atoms with Gasteiger partial charge in [0.05, 0.1) is 6.10 Å². The monoisotopic (exact) mass is 237 g/mol. The second kappa shape index (κ2) is 6.37. The van der Waals surface area contributed by atoms with Gasteiger partial charge in [-0.05, 0) is 6.42 Å². The number of carbonyl (C=O) groups is 1. The average Bonchev–Trinajstić information content (AvgIpc) is 2.74. The summed E-state index contributed by atoms with van der Waals surface area (Å²) < 4.78 is 5.09. The summed E-state index contributed by atoms with van der Waals surface area (Å²) in [7, 11) is 0. The Balaban J connectivity index is 0.00000144. The standard InChI is InChI=1S/C12H15NO3.CH4/c14-9-16-12(10-4-2-1-3-5-10)13-7-6-11(15)8-13;/h1-5,9,11-12,15H,6-8H2;1H4. The first-order valence-electron chi connectivity index (χ1n) is 5.37. The van der Waals surface area contributed by atoms with Gasteiger partial charge < -0.3 is 9.84 Å². The summed E-state index contributed by atoms with van der Waals surface area (Å²) in [4.78, 5) is 12.5. The van der Waals surface area contributed by atoms with Crippen LogP contribution in [0.2, 0.25) is 0 Å². The summed E-state index contributed by atoms with van der Waals surface area (Å²) in [5, 5.41) is 9.48. The molecule has 0 aromatic heterocycles. The van der Waals surface area contributed by atoms with Gasteiger partial charge in [0.25, 0.3) is 6.47 Å². The minimum absolute atomic E-state index is 0. The van der Waals surface area contributed by atoms with E-state index in [9.17, 15) is 9.90 Å². The lowest BCUT2D eigenvalue weighted by atomic mass is 10.2. The molecule has 1 saturated heterocycles. The van der Waals surface area contributed by atoms with Crippen molar-refractivity contribution in [1.82, 2.24) is 4.90 Å². The maximum Gasteiger partial charge on any atom is 0.294 e. The highest BCUT2D eigenvalue weighted by Crippen LogP contribution is 2.25. The van der Waals surface area contributed by atoms with Crippen molar-refractivity contribution in [2.45, 2.75) is 26.2 Å². The lowest BCUT2D eigenvalue weighted by Crippen LogP contribution is -2.29. The smallest absolute Gasteiger partial charge is 0.294 e. The Kier molecular flexibility index (Phi) is 5.12. The molecule has 2 atom stereocenters. The number of nitrogens with zero attached hydrogens (tertiary/aromatic N) is 1. The van der Waals surface area contributed by atoms with Crippen LogP contribution in [0.5, 0.6) is 0 Å². The third-order valence-corrected chi connectivity index (χ3v) is 2.80. The highest BCUT2D eigenvalue weighted by molar-refractivity contribution is 5.38. The van der Waals surface area contributed by atoms with Gasteiger partial charge in [-0.3, -0.25) is 9.69 Å². The normalized spacial score (nSPS) is 21.6. The van der Waals surface area contributed by atoms with Gasteiger partial charge in [-0.1, -0.05) is 37.8 Å². The van der Waals surface area contributed by atoms with E-state index in [0.717, 1.165) is 18.5 Å². The van der Waals surface area contributed by atoms with Gasteiger partial charge in [0.2, 0.25) is 0 Å². The van der Waals surface area contributed by atoms with Crippen LogP contribution >= 0.6 is 0 Å². The molecule has 4 nitrogen and oxygen atoms in total. The first-order valence-corrected chi connectivity index (χ1v) is 5.37. The van der Waals surface area contributed by atoms with Crippen LogP contribution in [0.4, 0.5) is 0 Å². The number of likely N-dealkylation sites (tertiary alicyclic amines) is 1. The summed E-state index contributed by atoms with van der Waals surface area (Å²) >= 11 is 0. The van der Waals surface area contributed by atoms with Gasteiger partial charge in [-0.25, -0.2) is 0 Å². The Morgan fingerprint density at radius 3 is 2.65 bits per heavy atom. The van der Waals surface area contributed by atoms with Crippen LogP contribution in [0.15, 0.2) is 30.3 Å². The van der Waals surface area contributed by atoms with E-state index in [0.29, 0.717) is 13.0 Å². The highest BCUT2D eigenvalue weighted by Gasteiger charge is 2.28. The molecule has 17 heavy (non-hydrogen) atoms. The van der Waals surface area contributed by atoms with Gasteiger partial charge in [-0.15, -0.1) is 0 Å². The number of aliphatic hydroxyl groups is 1. The Morgan fingerprint density at radius 2 is 2.12 bits per heavy atom. The Hall–Kier alpha value is -1.39. The van der Waals surface area contributed by atoms with Crippen LogP contribution in [-0.4, -0.2) is 35.7 Å². The summed E-state index contributed by atoms with van der Waals surface area (Å²) in [5.74, 6) is 0. The molecule has 2 unspecified atom stereocenters. The molecule has 0 bridgehead atoms. The molecule has 1 aromatic carbocycles. The van der Waals surface area contributed by atoms with Gasteiger partial charge in [0.1, 0.15) is 0 Å². The lowest BCUT2D eigenvalue weighted by Gasteiger charge is -2.25. The predicted octanol–water partition coefficient (Wildman–Crippen LogP) is 1.56. The molecule has 1 heterocycles. The number of ether oxygens (including phenoxy) is 1. The van der Waals surface area contributed by atoms with E-state index in [-0.39, 0.29) is 19.8 Å². The summed E-state index contributed by atoms with van der Waals surface area (Å²) in [6.45, 7) is 1.75. The van der Waals surface area contributed by atoms with E-state index in [1.165, 1.54) is 0 Å². The molecule has 4 heteroatoms. The summed E-state index contributed by atoms with van der Waals surface area (Å²) in [6.07, 6.45) is 0.0308. The Labute approximate surface area is 102 Å². The van der Waals surface area contributed by atoms with E-state index < -0.39 is 0 Å². The molecule has 0 amide bonds. The average molecular weight is 237 g/mol. The van der Waals surface area contributed by atoms with Gasteiger partial charge >= 0.3 is 0 Å². The fourth-order valence-electron chi connectivity index (χ4n) is 2.03. The molecule has 0 aliphatic carbocycles. The molecule has 1 N–H and O–H groups in total. The van der Waals surface area contributed by atoms with Crippen molar-refractivity contribution >= 4 is 6.47 Å². The molecule has 1 aromatic rings. The van der Waals surface area contributed by atoms with Crippen LogP contribution in [-0.2, 0) is 9.53 Å². The largest absolute Gasteiger partial charge is 0.444 e. The molecular weight excluding hydrogens is 218 g/mol. The summed E-state index contributed by atoms with van der Waals surface area (Å²) in [5.41, 5.74) is 0.934. The van der Waals surface area contributed by atoms with Crippen molar-refractivity contribution in [2.75, 3.05) is 13.1 Å². The number of hydrogen-bond acceptors (Lipinski definition) is 4. The van der Waals surface area contributed by atoms with E-state index in [2.05, 4.69) is 0 Å². The van der Waals surface area contributed by atoms with Crippen molar-refractivity contribution in [3.63, 3.8) is 0 Å². The maximum atomic E-state index is 10.5. The first-order chi connectivity index (χ1) is 7.81. The van der Waals surface area contributed by atoms with E-state index in [1.54, 1.807) is 0 Å². The third-order valence-electron chi connectivity index (χ3n) is 2.80. The predicted molar refractivity (Wildman–Crippen MR) is 65.3 cm³/mol. The fourth-order valence-corrected chi connectivity index (χ4v) is 2.03. The molecule has 0 saturated carbocycles. The van der Waals surface area contributed by atoms with Crippen molar-refractivity contribution in [3.8, 4) is 0 Å². The van der Waals surface area contributed by atoms with Crippen molar-refractivity contribution in [1.29, 1.82) is 0 Å². The number of rotatable bonds is 4. The minimum Gasteiger partial charge on any atom is -0.444 e. The zero-order valence-corrected chi connectivity index (χ0v) is 8.95. The van der Waals surface area contributed by atoms with E-state index in [1.807, 2.05) is 35.2 Å². The van der Waals surface area contributed by atoms with E-state index >= 15 is 0 Å². The minimum atomic E-state index is -0.379. The van der Waals surface area contributed by atoms with Gasteiger partial charge in [0.15, 0.2) is 6.23 Å². The van der Waals surface area contributed by atoms with Crippen LogP contribution in [0.25, 0.3) is 0 Å². The number of hydrogen-bond donors (Lipinski definition) is 1. The lowest BCUT2D eigenvalue weighted by molar-refractivity contribution is -0.143. The van der Waals surface area contributed by atoms with E-state index in [4.69, 9.17) is 4.74 Å². The second-order valence-electron chi connectivity index (χ2n) is 3.93. The molecule has 94 valence electrons. The zero-order chi connectivity index (χ0) is 11.4. The molecule has 2 rings (SSSR count). The Morgan fingerprint density at radius 1 is 1.41 bits per heavy atom. The van der Waals surface area contributed by atoms with Crippen LogP contribution in [0.1, 0.15) is 25.6 Å². The molecule has 1 aliphatic rings. The van der Waals surface area contributed by atoms with Crippen molar-refractivity contribution in [3.05, 3.63) is 35.9 Å². The van der Waals surface area contributed by atoms with Crippen molar-refractivity contribution in [2.24, 2.45) is 0 Å². The highest BCUT2D eigenvalue weighted by atomic mass is 16.5.